The number of amides is 1. The Bertz CT molecular complexity index is 633. The Labute approximate surface area is 159 Å². The SMILES string of the molecule is C[C@H](OC1CCCCO1)c1nccn1[C@H](CNC(=O)OC(C)(C)C)C(=O)O. The van der Waals surface area contributed by atoms with Crippen molar-refractivity contribution < 1.29 is 28.9 Å². The monoisotopic (exact) mass is 383 g/mol. The van der Waals surface area contributed by atoms with Crippen molar-refractivity contribution in [1.29, 1.82) is 0 Å². The first-order valence-electron chi connectivity index (χ1n) is 9.17. The highest BCUT2D eigenvalue weighted by atomic mass is 16.7. The van der Waals surface area contributed by atoms with Crippen LogP contribution in [0.15, 0.2) is 12.4 Å². The molecule has 0 spiro atoms. The average Bonchev–Trinajstić information content (AvgIpc) is 3.03. The van der Waals surface area contributed by atoms with Gasteiger partial charge < -0.3 is 29.2 Å². The van der Waals surface area contributed by atoms with Crippen LogP contribution in [-0.2, 0) is 19.0 Å². The topological polar surface area (TPSA) is 112 Å². The predicted octanol–water partition coefficient (Wildman–Crippen LogP) is 2.64. The maximum Gasteiger partial charge on any atom is 0.407 e. The molecule has 9 heteroatoms. The van der Waals surface area contributed by atoms with Crippen LogP contribution in [0.3, 0.4) is 0 Å². The largest absolute Gasteiger partial charge is 0.480 e. The van der Waals surface area contributed by atoms with Crippen molar-refractivity contribution in [2.75, 3.05) is 13.2 Å². The number of carbonyl (C=O) groups excluding carboxylic acids is 1. The van der Waals surface area contributed by atoms with Gasteiger partial charge in [-0.2, -0.15) is 0 Å². The molecule has 2 rings (SSSR count). The Balaban J connectivity index is 2.03. The van der Waals surface area contributed by atoms with Crippen LogP contribution in [0, 0.1) is 0 Å². The summed E-state index contributed by atoms with van der Waals surface area (Å²) in [6.07, 6.45) is 4.48. The smallest absolute Gasteiger partial charge is 0.407 e. The lowest BCUT2D eigenvalue weighted by atomic mass is 10.2. The first kappa shape index (κ1) is 21.2. The summed E-state index contributed by atoms with van der Waals surface area (Å²) in [6.45, 7) is 7.53. The molecule has 0 aromatic carbocycles. The zero-order valence-electron chi connectivity index (χ0n) is 16.3. The third-order valence-corrected chi connectivity index (χ3v) is 4.02. The van der Waals surface area contributed by atoms with Gasteiger partial charge in [0.15, 0.2) is 6.29 Å². The number of nitrogens with zero attached hydrogens (tertiary/aromatic N) is 2. The zero-order valence-corrected chi connectivity index (χ0v) is 16.3. The van der Waals surface area contributed by atoms with E-state index in [0.29, 0.717) is 12.4 Å². The normalized spacial score (nSPS) is 19.9. The molecule has 1 fully saturated rings. The molecule has 152 valence electrons. The number of carbonyl (C=O) groups is 2. The van der Waals surface area contributed by atoms with Crippen LogP contribution in [0.4, 0.5) is 4.79 Å². The Morgan fingerprint density at radius 3 is 2.78 bits per heavy atom. The van der Waals surface area contributed by atoms with Gasteiger partial charge in [0.25, 0.3) is 0 Å². The van der Waals surface area contributed by atoms with Crippen molar-refractivity contribution in [3.05, 3.63) is 18.2 Å². The van der Waals surface area contributed by atoms with Gasteiger partial charge in [-0.05, 0) is 47.0 Å². The predicted molar refractivity (Wildman–Crippen MR) is 96.2 cm³/mol. The number of ether oxygens (including phenoxy) is 3. The maximum atomic E-state index is 11.8. The van der Waals surface area contributed by atoms with Gasteiger partial charge in [-0.1, -0.05) is 0 Å². The summed E-state index contributed by atoms with van der Waals surface area (Å²) in [5, 5.41) is 12.1. The molecule has 1 aromatic heterocycles. The van der Waals surface area contributed by atoms with Crippen molar-refractivity contribution in [3.8, 4) is 0 Å². The van der Waals surface area contributed by atoms with E-state index in [4.69, 9.17) is 14.2 Å². The second kappa shape index (κ2) is 9.18. The summed E-state index contributed by atoms with van der Waals surface area (Å²) in [4.78, 5) is 27.8. The highest BCUT2D eigenvalue weighted by Gasteiger charge is 2.28. The number of imidazole rings is 1. The Morgan fingerprint density at radius 2 is 2.19 bits per heavy atom. The fraction of sp³-hybridized carbons (Fsp3) is 0.722. The van der Waals surface area contributed by atoms with E-state index in [1.165, 1.54) is 10.8 Å². The first-order chi connectivity index (χ1) is 12.7. The molecular formula is C18H29N3O6. The number of aliphatic carboxylic acids is 1. The van der Waals surface area contributed by atoms with Crippen molar-refractivity contribution >= 4 is 12.1 Å². The van der Waals surface area contributed by atoms with Crippen molar-refractivity contribution in [1.82, 2.24) is 14.9 Å². The van der Waals surface area contributed by atoms with Crippen LogP contribution >= 0.6 is 0 Å². The summed E-state index contributed by atoms with van der Waals surface area (Å²) in [5.41, 5.74) is -0.661. The minimum atomic E-state index is -1.09. The lowest BCUT2D eigenvalue weighted by molar-refractivity contribution is -0.188. The zero-order chi connectivity index (χ0) is 20.0. The average molecular weight is 383 g/mol. The highest BCUT2D eigenvalue weighted by Crippen LogP contribution is 2.24. The molecule has 0 saturated carbocycles. The van der Waals surface area contributed by atoms with E-state index in [1.807, 2.05) is 0 Å². The molecule has 2 N–H and O–H groups in total. The van der Waals surface area contributed by atoms with Crippen LogP contribution in [0.1, 0.15) is 64.9 Å². The number of hydrogen-bond donors (Lipinski definition) is 2. The van der Waals surface area contributed by atoms with Gasteiger partial charge in [-0.3, -0.25) is 0 Å². The fourth-order valence-electron chi connectivity index (χ4n) is 2.81. The fourth-order valence-corrected chi connectivity index (χ4v) is 2.81. The van der Waals surface area contributed by atoms with Gasteiger partial charge in [0.05, 0.1) is 6.54 Å². The molecule has 3 atom stereocenters. The van der Waals surface area contributed by atoms with Crippen LogP contribution in [-0.4, -0.2) is 51.8 Å². The molecule has 1 aromatic rings. The number of carboxylic acids is 1. The number of rotatable bonds is 7. The summed E-state index contributed by atoms with van der Waals surface area (Å²) >= 11 is 0. The lowest BCUT2D eigenvalue weighted by Crippen LogP contribution is -2.38. The number of nitrogens with one attached hydrogen (secondary N) is 1. The minimum Gasteiger partial charge on any atom is -0.480 e. The molecule has 1 unspecified atom stereocenters. The Kier molecular flexibility index (Phi) is 7.20. The number of aromatic nitrogens is 2. The molecule has 1 amide bonds. The van der Waals surface area contributed by atoms with E-state index >= 15 is 0 Å². The molecule has 27 heavy (non-hydrogen) atoms. The number of alkyl carbamates (subject to hydrolysis) is 1. The molecule has 0 bridgehead atoms. The molecule has 0 radical (unpaired) electrons. The van der Waals surface area contributed by atoms with E-state index in [0.717, 1.165) is 19.3 Å². The van der Waals surface area contributed by atoms with E-state index in [-0.39, 0.29) is 12.8 Å². The first-order valence-corrected chi connectivity index (χ1v) is 9.17. The quantitative estimate of drug-likeness (QED) is 0.744. The van der Waals surface area contributed by atoms with Gasteiger partial charge >= 0.3 is 12.1 Å². The lowest BCUT2D eigenvalue weighted by Gasteiger charge is -2.27. The van der Waals surface area contributed by atoms with Gasteiger partial charge in [0.1, 0.15) is 23.6 Å². The second-order valence-corrected chi connectivity index (χ2v) is 7.50. The van der Waals surface area contributed by atoms with Crippen molar-refractivity contribution in [3.63, 3.8) is 0 Å². The maximum absolute atomic E-state index is 11.8. The Hall–Kier alpha value is -2.13. The van der Waals surface area contributed by atoms with Crippen LogP contribution in [0.2, 0.25) is 0 Å². The summed E-state index contributed by atoms with van der Waals surface area (Å²) < 4.78 is 18.1. The second-order valence-electron chi connectivity index (χ2n) is 7.50. The van der Waals surface area contributed by atoms with E-state index < -0.39 is 29.8 Å². The van der Waals surface area contributed by atoms with Crippen LogP contribution in [0.25, 0.3) is 0 Å². The highest BCUT2D eigenvalue weighted by molar-refractivity contribution is 5.74. The van der Waals surface area contributed by atoms with Crippen molar-refractivity contribution in [2.24, 2.45) is 0 Å². The van der Waals surface area contributed by atoms with Crippen LogP contribution in [0.5, 0.6) is 0 Å². The summed E-state index contributed by atoms with van der Waals surface area (Å²) in [7, 11) is 0. The van der Waals surface area contributed by atoms with E-state index in [2.05, 4.69) is 10.3 Å². The minimum absolute atomic E-state index is 0.139. The molecule has 9 nitrogen and oxygen atoms in total. The summed E-state index contributed by atoms with van der Waals surface area (Å²) in [5.74, 6) is -0.631. The molecule has 1 aliphatic heterocycles. The molecular weight excluding hydrogens is 354 g/mol. The third-order valence-electron chi connectivity index (χ3n) is 4.02. The van der Waals surface area contributed by atoms with Gasteiger partial charge in [0, 0.05) is 19.0 Å². The third kappa shape index (κ3) is 6.51. The Morgan fingerprint density at radius 1 is 1.44 bits per heavy atom. The van der Waals surface area contributed by atoms with Gasteiger partial charge in [-0.25, -0.2) is 14.6 Å². The molecule has 1 saturated heterocycles. The number of carboxylic acid groups (broad SMARTS) is 1. The van der Waals surface area contributed by atoms with Crippen molar-refractivity contribution in [2.45, 2.75) is 71.0 Å². The molecule has 2 heterocycles. The number of hydrogen-bond acceptors (Lipinski definition) is 6. The summed E-state index contributed by atoms with van der Waals surface area (Å²) in [6, 6.07) is -1.03. The van der Waals surface area contributed by atoms with E-state index in [9.17, 15) is 14.7 Å². The standard InChI is InChI=1S/C18H29N3O6/c1-12(26-14-7-5-6-10-25-14)15-19-8-9-21(15)13(16(22)23)11-20-17(24)27-18(2,3)4/h8-9,12-14H,5-7,10-11H2,1-4H3,(H,20,24)(H,22,23)/t12-,13+,14?/m0/s1. The van der Waals surface area contributed by atoms with Gasteiger partial charge in [-0.15, -0.1) is 0 Å². The van der Waals surface area contributed by atoms with E-state index in [1.54, 1.807) is 33.9 Å². The van der Waals surface area contributed by atoms with Crippen LogP contribution < -0.4 is 5.32 Å². The molecule has 1 aliphatic rings. The molecule has 0 aliphatic carbocycles. The van der Waals surface area contributed by atoms with Gasteiger partial charge in [0.2, 0.25) is 0 Å².